The van der Waals surface area contributed by atoms with Crippen LogP contribution in [-0.4, -0.2) is 37.6 Å². The van der Waals surface area contributed by atoms with E-state index in [0.29, 0.717) is 18.1 Å². The van der Waals surface area contributed by atoms with Gasteiger partial charge in [0, 0.05) is 18.3 Å². The Morgan fingerprint density at radius 1 is 1.67 bits per heavy atom. The van der Waals surface area contributed by atoms with Crippen LogP contribution in [0.3, 0.4) is 0 Å². The van der Waals surface area contributed by atoms with Gasteiger partial charge in [0.15, 0.2) is 5.13 Å². The second-order valence-corrected chi connectivity index (χ2v) is 4.57. The molecule has 0 fully saturated rings. The third-order valence-corrected chi connectivity index (χ3v) is 3.11. The van der Waals surface area contributed by atoms with Crippen molar-refractivity contribution in [2.75, 3.05) is 12.3 Å². The smallest absolute Gasteiger partial charge is 0.244 e. The highest BCUT2D eigenvalue weighted by atomic mass is 32.1. The molecular weight excluding hydrogens is 254 g/mol. The van der Waals surface area contributed by atoms with Gasteiger partial charge in [-0.1, -0.05) is 0 Å². The van der Waals surface area contributed by atoms with E-state index >= 15 is 0 Å². The van der Waals surface area contributed by atoms with E-state index in [0.717, 1.165) is 5.69 Å². The number of aromatic nitrogens is 5. The zero-order valence-corrected chi connectivity index (χ0v) is 10.6. The number of hydrogen-bond donors (Lipinski definition) is 2. The summed E-state index contributed by atoms with van der Waals surface area (Å²) in [5.41, 5.74) is 6.40. The van der Waals surface area contributed by atoms with Crippen LogP contribution in [0.25, 0.3) is 0 Å². The number of nitrogens with one attached hydrogen (secondary N) is 1. The van der Waals surface area contributed by atoms with Gasteiger partial charge in [-0.2, -0.15) is 0 Å². The van der Waals surface area contributed by atoms with Crippen LogP contribution < -0.4 is 11.1 Å². The molecule has 3 N–H and O–H groups in total. The van der Waals surface area contributed by atoms with E-state index in [1.54, 1.807) is 6.92 Å². The van der Waals surface area contributed by atoms with Gasteiger partial charge < -0.3 is 11.1 Å². The first-order valence-electron chi connectivity index (χ1n) is 5.37. The zero-order valence-electron chi connectivity index (χ0n) is 9.78. The number of tetrazole rings is 1. The van der Waals surface area contributed by atoms with Crippen molar-refractivity contribution in [3.05, 3.63) is 17.4 Å². The first kappa shape index (κ1) is 12.4. The maximum absolute atomic E-state index is 11.8. The SMILES string of the molecule is C[C@@H](C(=O)NCCc1csc(N)n1)n1cnnn1. The molecule has 9 heteroatoms. The molecule has 1 amide bonds. The fourth-order valence-electron chi connectivity index (χ4n) is 1.36. The molecule has 1 atom stereocenters. The number of thiazole rings is 1. The van der Waals surface area contributed by atoms with Crippen molar-refractivity contribution in [3.63, 3.8) is 0 Å². The second kappa shape index (κ2) is 5.54. The lowest BCUT2D eigenvalue weighted by Crippen LogP contribution is -2.32. The largest absolute Gasteiger partial charge is 0.375 e. The van der Waals surface area contributed by atoms with E-state index in [4.69, 9.17) is 5.73 Å². The summed E-state index contributed by atoms with van der Waals surface area (Å²) in [6, 6.07) is -0.430. The number of nitrogens with two attached hydrogens (primary N) is 1. The summed E-state index contributed by atoms with van der Waals surface area (Å²) in [5, 5.41) is 15.9. The van der Waals surface area contributed by atoms with Crippen molar-refractivity contribution in [2.24, 2.45) is 0 Å². The van der Waals surface area contributed by atoms with Crippen LogP contribution in [0.15, 0.2) is 11.7 Å². The number of carbonyl (C=O) groups excluding carboxylic acids is 1. The molecule has 0 aliphatic heterocycles. The lowest BCUT2D eigenvalue weighted by atomic mass is 10.3. The van der Waals surface area contributed by atoms with Gasteiger partial charge in [-0.25, -0.2) is 9.67 Å². The zero-order chi connectivity index (χ0) is 13.0. The van der Waals surface area contributed by atoms with Crippen molar-refractivity contribution < 1.29 is 4.79 Å². The van der Waals surface area contributed by atoms with Crippen molar-refractivity contribution >= 4 is 22.4 Å². The molecule has 0 aliphatic carbocycles. The third kappa shape index (κ3) is 3.00. The van der Waals surface area contributed by atoms with Crippen molar-refractivity contribution in [1.82, 2.24) is 30.5 Å². The molecule has 18 heavy (non-hydrogen) atoms. The number of rotatable bonds is 5. The van der Waals surface area contributed by atoms with Crippen LogP contribution in [-0.2, 0) is 11.2 Å². The van der Waals surface area contributed by atoms with E-state index in [2.05, 4.69) is 25.8 Å². The molecular formula is C9H13N7OS. The fraction of sp³-hybridized carbons (Fsp3) is 0.444. The van der Waals surface area contributed by atoms with Gasteiger partial charge in [0.1, 0.15) is 12.4 Å². The van der Waals surface area contributed by atoms with E-state index in [1.807, 2.05) is 5.38 Å². The number of carbonyl (C=O) groups is 1. The van der Waals surface area contributed by atoms with Gasteiger partial charge in [-0.15, -0.1) is 16.4 Å². The molecule has 0 saturated heterocycles. The van der Waals surface area contributed by atoms with Crippen LogP contribution in [0, 0.1) is 0 Å². The highest BCUT2D eigenvalue weighted by Gasteiger charge is 2.15. The molecule has 0 aromatic carbocycles. The highest BCUT2D eigenvalue weighted by molar-refractivity contribution is 7.13. The second-order valence-electron chi connectivity index (χ2n) is 3.68. The minimum absolute atomic E-state index is 0.134. The number of nitrogens with zero attached hydrogens (tertiary/aromatic N) is 5. The van der Waals surface area contributed by atoms with Crippen molar-refractivity contribution in [3.8, 4) is 0 Å². The monoisotopic (exact) mass is 267 g/mol. The number of anilines is 1. The summed E-state index contributed by atoms with van der Waals surface area (Å²) in [6.07, 6.45) is 2.06. The molecule has 0 aliphatic rings. The van der Waals surface area contributed by atoms with Crippen LogP contribution in [0.2, 0.25) is 0 Å². The molecule has 0 spiro atoms. The van der Waals surface area contributed by atoms with E-state index in [-0.39, 0.29) is 5.91 Å². The topological polar surface area (TPSA) is 112 Å². The van der Waals surface area contributed by atoms with E-state index in [9.17, 15) is 4.79 Å². The van der Waals surface area contributed by atoms with Crippen LogP contribution >= 0.6 is 11.3 Å². The Kier molecular flexibility index (Phi) is 3.82. The normalized spacial score (nSPS) is 12.3. The Balaban J connectivity index is 1.78. The van der Waals surface area contributed by atoms with Crippen molar-refractivity contribution in [1.29, 1.82) is 0 Å². The standard InChI is InChI=1S/C9H13N7OS/c1-6(16-5-12-14-15-16)8(17)11-3-2-7-4-18-9(10)13-7/h4-6H,2-3H2,1H3,(H2,10,13)(H,11,17)/t6-/m0/s1. The van der Waals surface area contributed by atoms with Crippen LogP contribution in [0.4, 0.5) is 5.13 Å². The summed E-state index contributed by atoms with van der Waals surface area (Å²) >= 11 is 1.39. The lowest BCUT2D eigenvalue weighted by Gasteiger charge is -2.10. The summed E-state index contributed by atoms with van der Waals surface area (Å²) in [7, 11) is 0. The lowest BCUT2D eigenvalue weighted by molar-refractivity contribution is -0.124. The van der Waals surface area contributed by atoms with E-state index < -0.39 is 6.04 Å². The van der Waals surface area contributed by atoms with Crippen LogP contribution in [0.5, 0.6) is 0 Å². The summed E-state index contributed by atoms with van der Waals surface area (Å²) < 4.78 is 1.40. The molecule has 2 heterocycles. The molecule has 8 nitrogen and oxygen atoms in total. The number of hydrogen-bond acceptors (Lipinski definition) is 7. The minimum Gasteiger partial charge on any atom is -0.375 e. The average Bonchev–Trinajstić information content (AvgIpc) is 2.99. The van der Waals surface area contributed by atoms with Gasteiger partial charge >= 0.3 is 0 Å². The van der Waals surface area contributed by atoms with Gasteiger partial charge in [0.2, 0.25) is 5.91 Å². The maximum atomic E-state index is 11.8. The van der Waals surface area contributed by atoms with Gasteiger partial charge in [0.25, 0.3) is 0 Å². The fourth-order valence-corrected chi connectivity index (χ4v) is 1.96. The van der Waals surface area contributed by atoms with E-state index in [1.165, 1.54) is 22.3 Å². The molecule has 0 radical (unpaired) electrons. The molecule has 2 aromatic heterocycles. The number of nitrogen functional groups attached to an aromatic ring is 1. The molecule has 2 rings (SSSR count). The Labute approximate surface area is 107 Å². The highest BCUT2D eigenvalue weighted by Crippen LogP contribution is 2.11. The minimum atomic E-state index is -0.430. The Morgan fingerprint density at radius 2 is 2.50 bits per heavy atom. The molecule has 2 aromatic rings. The number of amides is 1. The first-order valence-corrected chi connectivity index (χ1v) is 6.25. The first-order chi connectivity index (χ1) is 8.66. The summed E-state index contributed by atoms with van der Waals surface area (Å²) in [4.78, 5) is 15.9. The van der Waals surface area contributed by atoms with Gasteiger partial charge in [0.05, 0.1) is 5.69 Å². The quantitative estimate of drug-likeness (QED) is 0.764. The molecule has 0 bridgehead atoms. The third-order valence-electron chi connectivity index (χ3n) is 2.39. The Hall–Kier alpha value is -2.03. The Bertz CT molecular complexity index is 509. The predicted molar refractivity (Wildman–Crippen MR) is 65.8 cm³/mol. The van der Waals surface area contributed by atoms with Crippen LogP contribution in [0.1, 0.15) is 18.7 Å². The molecule has 0 saturated carbocycles. The maximum Gasteiger partial charge on any atom is 0.244 e. The average molecular weight is 267 g/mol. The van der Waals surface area contributed by atoms with Gasteiger partial charge in [-0.05, 0) is 17.4 Å². The van der Waals surface area contributed by atoms with Gasteiger partial charge in [-0.3, -0.25) is 4.79 Å². The Morgan fingerprint density at radius 3 is 3.11 bits per heavy atom. The summed E-state index contributed by atoms with van der Waals surface area (Å²) in [5.74, 6) is -0.134. The predicted octanol–water partition coefficient (Wildman–Crippen LogP) is -0.368. The summed E-state index contributed by atoms with van der Waals surface area (Å²) in [6.45, 7) is 2.24. The molecule has 96 valence electrons. The molecule has 0 unspecified atom stereocenters. The van der Waals surface area contributed by atoms with Crippen molar-refractivity contribution in [2.45, 2.75) is 19.4 Å².